The molecule has 3 aliphatic heterocycles. The smallest absolute Gasteiger partial charge is 0.415 e. The maximum atomic E-state index is 12.5. The summed E-state index contributed by atoms with van der Waals surface area (Å²) in [6.45, 7) is 3.86. The number of benzene rings is 2. The molecule has 2 aromatic carbocycles. The summed E-state index contributed by atoms with van der Waals surface area (Å²) in [6, 6.07) is 17.1. The monoisotopic (exact) mass is 454 g/mol. The highest BCUT2D eigenvalue weighted by Crippen LogP contribution is 2.25. The number of fused-ring (bicyclic) bond motifs is 4. The second-order valence-electron chi connectivity index (χ2n) is 7.53. The number of amides is 1. The topological polar surface area (TPSA) is 117 Å². The van der Waals surface area contributed by atoms with E-state index in [0.29, 0.717) is 29.7 Å². The number of aliphatic carboxylic acids is 2. The molecule has 0 aliphatic carbocycles. The Morgan fingerprint density at radius 1 is 0.758 bits per heavy atom. The number of hydrogen-bond acceptors (Lipinski definition) is 6. The molecular formula is C24H26N2O7. The van der Waals surface area contributed by atoms with Gasteiger partial charge in [-0.2, -0.15) is 0 Å². The van der Waals surface area contributed by atoms with Gasteiger partial charge in [-0.25, -0.2) is 14.4 Å². The number of carbonyl (C=O) groups excluding carboxylic acids is 1. The Labute approximate surface area is 191 Å². The van der Waals surface area contributed by atoms with E-state index < -0.39 is 11.9 Å². The van der Waals surface area contributed by atoms with Crippen LogP contribution in [-0.4, -0.2) is 70.3 Å². The van der Waals surface area contributed by atoms with E-state index in [9.17, 15) is 14.4 Å². The molecule has 9 heteroatoms. The fourth-order valence-corrected chi connectivity index (χ4v) is 3.63. The van der Waals surface area contributed by atoms with Gasteiger partial charge < -0.3 is 29.5 Å². The first-order chi connectivity index (χ1) is 15.9. The van der Waals surface area contributed by atoms with Gasteiger partial charge >= 0.3 is 18.0 Å². The minimum atomic E-state index is -1.26. The van der Waals surface area contributed by atoms with Gasteiger partial charge in [-0.15, -0.1) is 0 Å². The molecule has 3 saturated heterocycles. The molecule has 0 radical (unpaired) electrons. The van der Waals surface area contributed by atoms with E-state index >= 15 is 0 Å². The lowest BCUT2D eigenvalue weighted by Gasteiger charge is -2.30. The fourth-order valence-electron chi connectivity index (χ4n) is 3.63. The van der Waals surface area contributed by atoms with Crippen LogP contribution in [-0.2, 0) is 9.59 Å². The van der Waals surface area contributed by atoms with Crippen molar-refractivity contribution >= 4 is 18.0 Å². The maximum absolute atomic E-state index is 12.5. The van der Waals surface area contributed by atoms with Crippen LogP contribution in [0.1, 0.15) is 12.8 Å². The number of rotatable bonds is 5. The van der Waals surface area contributed by atoms with Crippen LogP contribution in [0.25, 0.3) is 0 Å². The first-order valence-electron chi connectivity index (χ1n) is 10.6. The molecule has 0 aromatic heterocycles. The molecule has 0 saturated carbocycles. The van der Waals surface area contributed by atoms with Crippen LogP contribution in [0, 0.1) is 0 Å². The van der Waals surface area contributed by atoms with Crippen molar-refractivity contribution in [3.63, 3.8) is 0 Å². The Balaban J connectivity index is 0.000000331. The Morgan fingerprint density at radius 2 is 1.30 bits per heavy atom. The largest absolute Gasteiger partial charge is 0.478 e. The van der Waals surface area contributed by atoms with Gasteiger partial charge in [-0.3, -0.25) is 0 Å². The summed E-state index contributed by atoms with van der Waals surface area (Å²) >= 11 is 0. The number of carboxylic acids is 2. The summed E-state index contributed by atoms with van der Waals surface area (Å²) in [7, 11) is 0. The molecule has 2 N–H and O–H groups in total. The minimum Gasteiger partial charge on any atom is -0.478 e. The predicted octanol–water partition coefficient (Wildman–Crippen LogP) is 3.47. The number of hydrogen-bond donors (Lipinski definition) is 2. The quantitative estimate of drug-likeness (QED) is 0.660. The molecule has 9 nitrogen and oxygen atoms in total. The van der Waals surface area contributed by atoms with Gasteiger partial charge in [0.25, 0.3) is 0 Å². The van der Waals surface area contributed by atoms with Crippen LogP contribution in [0.3, 0.4) is 0 Å². The van der Waals surface area contributed by atoms with E-state index in [4.69, 9.17) is 19.7 Å². The third-order valence-electron chi connectivity index (χ3n) is 5.27. The molecule has 3 aliphatic rings. The summed E-state index contributed by atoms with van der Waals surface area (Å²) in [6.07, 6.45) is 2.95. The van der Waals surface area contributed by atoms with Gasteiger partial charge in [0.05, 0.1) is 0 Å². The normalized spacial score (nSPS) is 19.2. The van der Waals surface area contributed by atoms with Crippen molar-refractivity contribution in [3.8, 4) is 17.2 Å². The zero-order valence-corrected chi connectivity index (χ0v) is 18.0. The number of nitrogens with zero attached hydrogens (tertiary/aromatic N) is 2. The van der Waals surface area contributed by atoms with Gasteiger partial charge in [0.15, 0.2) is 0 Å². The van der Waals surface area contributed by atoms with E-state index in [1.807, 2.05) is 47.4 Å². The van der Waals surface area contributed by atoms with Crippen LogP contribution in [0.5, 0.6) is 17.2 Å². The molecule has 5 rings (SSSR count). The zero-order chi connectivity index (χ0) is 23.6. The Bertz CT molecular complexity index is 952. The lowest BCUT2D eigenvalue weighted by atomic mass is 10.1. The number of para-hydroxylation sites is 1. The minimum absolute atomic E-state index is 0.245. The molecular weight excluding hydrogens is 428 g/mol. The first kappa shape index (κ1) is 23.8. The molecule has 0 unspecified atom stereocenters. The molecule has 3 heterocycles. The molecule has 1 amide bonds. The van der Waals surface area contributed by atoms with Gasteiger partial charge in [-0.1, -0.05) is 18.2 Å². The predicted molar refractivity (Wildman–Crippen MR) is 120 cm³/mol. The molecule has 0 spiro atoms. The first-order valence-corrected chi connectivity index (χ1v) is 10.6. The third kappa shape index (κ3) is 7.65. The van der Waals surface area contributed by atoms with E-state index in [-0.39, 0.29) is 6.09 Å². The van der Waals surface area contributed by atoms with Crippen molar-refractivity contribution in [2.75, 3.05) is 26.2 Å². The average molecular weight is 454 g/mol. The van der Waals surface area contributed by atoms with E-state index in [1.165, 1.54) is 0 Å². The van der Waals surface area contributed by atoms with Crippen LogP contribution in [0.15, 0.2) is 66.7 Å². The van der Waals surface area contributed by atoms with Crippen molar-refractivity contribution in [2.24, 2.45) is 0 Å². The van der Waals surface area contributed by atoms with Crippen molar-refractivity contribution in [1.29, 1.82) is 0 Å². The summed E-state index contributed by atoms with van der Waals surface area (Å²) in [4.78, 5) is 36.0. The van der Waals surface area contributed by atoms with E-state index in [2.05, 4.69) is 4.90 Å². The fraction of sp³-hybridized carbons (Fsp3) is 0.292. The van der Waals surface area contributed by atoms with Gasteiger partial charge in [-0.05, 0) is 49.2 Å². The summed E-state index contributed by atoms with van der Waals surface area (Å²) in [5.74, 6) is -0.473. The zero-order valence-electron chi connectivity index (χ0n) is 18.0. The Hall–Kier alpha value is -3.85. The second-order valence-corrected chi connectivity index (χ2v) is 7.53. The van der Waals surface area contributed by atoms with Crippen LogP contribution < -0.4 is 9.47 Å². The van der Waals surface area contributed by atoms with E-state index in [0.717, 1.165) is 44.8 Å². The number of piperidine rings is 1. The number of ether oxygens (including phenoxy) is 2. The summed E-state index contributed by atoms with van der Waals surface area (Å²) < 4.78 is 11.3. The molecule has 2 aromatic rings. The highest BCUT2D eigenvalue weighted by atomic mass is 16.6. The maximum Gasteiger partial charge on any atom is 0.415 e. The molecule has 3 fully saturated rings. The van der Waals surface area contributed by atoms with Crippen molar-refractivity contribution in [3.05, 3.63) is 66.7 Å². The van der Waals surface area contributed by atoms with Crippen molar-refractivity contribution in [2.45, 2.75) is 18.9 Å². The molecule has 2 bridgehead atoms. The number of carbonyl (C=O) groups is 3. The summed E-state index contributed by atoms with van der Waals surface area (Å²) in [5, 5.41) is 15.6. The second kappa shape index (κ2) is 11.7. The lowest BCUT2D eigenvalue weighted by Crippen LogP contribution is -2.43. The Morgan fingerprint density at radius 3 is 1.88 bits per heavy atom. The van der Waals surface area contributed by atoms with Gasteiger partial charge in [0.2, 0.25) is 0 Å². The van der Waals surface area contributed by atoms with Crippen molar-refractivity contribution < 1.29 is 34.1 Å². The SMILES string of the molecule is O=C(O)/C=C/C(=O)O.O=C(Oc1ccc(Oc2ccccc2)cc1)N1CCN2CCC1CC2. The van der Waals surface area contributed by atoms with Gasteiger partial charge in [0.1, 0.15) is 17.2 Å². The highest BCUT2D eigenvalue weighted by molar-refractivity contribution is 5.89. The average Bonchev–Trinajstić information content (AvgIpc) is 3.14. The van der Waals surface area contributed by atoms with Crippen LogP contribution in [0.2, 0.25) is 0 Å². The Kier molecular flexibility index (Phi) is 8.43. The molecule has 0 atom stereocenters. The molecule has 174 valence electrons. The van der Waals surface area contributed by atoms with Gasteiger partial charge in [0, 0.05) is 44.4 Å². The van der Waals surface area contributed by atoms with Crippen molar-refractivity contribution in [1.82, 2.24) is 9.80 Å². The third-order valence-corrected chi connectivity index (χ3v) is 5.27. The van der Waals surface area contributed by atoms with Crippen LogP contribution in [0.4, 0.5) is 4.79 Å². The van der Waals surface area contributed by atoms with Crippen LogP contribution >= 0.6 is 0 Å². The standard InChI is InChI=1S/C20H22N2O3.C4H4O4/c23-20(22-15-14-21-12-10-16(22)11-13-21)25-19-8-6-18(7-9-19)24-17-4-2-1-3-5-17;5-3(6)1-2-4(7)8/h1-9,16H,10-15H2;1-2H,(H,5,6)(H,7,8)/b;2-1+. The van der Waals surface area contributed by atoms with E-state index in [1.54, 1.807) is 12.1 Å². The highest BCUT2D eigenvalue weighted by Gasteiger charge is 2.32. The number of carboxylic acid groups (broad SMARTS) is 2. The molecule has 33 heavy (non-hydrogen) atoms. The lowest BCUT2D eigenvalue weighted by molar-refractivity contribution is -0.134. The summed E-state index contributed by atoms with van der Waals surface area (Å²) in [5.41, 5.74) is 0.